The molecule has 0 unspecified atom stereocenters. The van der Waals surface area contributed by atoms with Crippen molar-refractivity contribution in [3.8, 4) is 11.5 Å². The monoisotopic (exact) mass is 432 g/mol. The number of phenols is 1. The van der Waals surface area contributed by atoms with Crippen LogP contribution in [0, 0.1) is 6.92 Å². The number of ether oxygens (including phenoxy) is 3. The number of allylic oxidation sites excluding steroid dienone is 2. The summed E-state index contributed by atoms with van der Waals surface area (Å²) in [6.45, 7) is 7.10. The number of aromatic hydroxyl groups is 1. The second-order valence-corrected chi connectivity index (χ2v) is 8.08. The van der Waals surface area contributed by atoms with E-state index in [9.17, 15) is 14.7 Å². The minimum Gasteiger partial charge on any atom is -0.507 e. The van der Waals surface area contributed by atoms with E-state index in [0.29, 0.717) is 42.7 Å². The molecule has 2 aliphatic heterocycles. The SMILES string of the molecule is COc1c(C)c2c(c(O)c1C/C=C(\C)CCC(=O)OCCN1CCCN1C)C(=O)OC2. The number of esters is 2. The van der Waals surface area contributed by atoms with Gasteiger partial charge in [-0.15, -0.1) is 0 Å². The van der Waals surface area contributed by atoms with Crippen LogP contribution in [0.4, 0.5) is 0 Å². The quantitative estimate of drug-likeness (QED) is 0.471. The van der Waals surface area contributed by atoms with E-state index in [4.69, 9.17) is 14.2 Å². The average Bonchev–Trinajstić information content (AvgIpc) is 3.33. The van der Waals surface area contributed by atoms with Gasteiger partial charge in [0.05, 0.1) is 7.11 Å². The molecule has 1 saturated heterocycles. The first-order valence-corrected chi connectivity index (χ1v) is 10.7. The minimum absolute atomic E-state index is 0.0877. The van der Waals surface area contributed by atoms with Gasteiger partial charge in [0.25, 0.3) is 0 Å². The predicted octanol–water partition coefficient (Wildman–Crippen LogP) is 2.74. The van der Waals surface area contributed by atoms with E-state index in [0.717, 1.165) is 37.2 Å². The Labute approximate surface area is 183 Å². The largest absolute Gasteiger partial charge is 0.507 e. The first-order chi connectivity index (χ1) is 14.8. The second kappa shape index (κ2) is 10.2. The van der Waals surface area contributed by atoms with Gasteiger partial charge in [-0.1, -0.05) is 11.6 Å². The topological polar surface area (TPSA) is 88.5 Å². The summed E-state index contributed by atoms with van der Waals surface area (Å²) in [5, 5.41) is 15.0. The molecule has 1 N–H and O–H groups in total. The van der Waals surface area contributed by atoms with Crippen molar-refractivity contribution in [1.82, 2.24) is 10.0 Å². The van der Waals surface area contributed by atoms with E-state index in [-0.39, 0.29) is 23.9 Å². The molecular formula is C23H32N2O6. The van der Waals surface area contributed by atoms with E-state index in [1.165, 1.54) is 0 Å². The molecule has 0 aromatic heterocycles. The van der Waals surface area contributed by atoms with Crippen LogP contribution in [0.15, 0.2) is 11.6 Å². The summed E-state index contributed by atoms with van der Waals surface area (Å²) in [4.78, 5) is 24.0. The Morgan fingerprint density at radius 3 is 2.74 bits per heavy atom. The van der Waals surface area contributed by atoms with Crippen LogP contribution < -0.4 is 4.74 Å². The average molecular weight is 433 g/mol. The number of hydrogen-bond acceptors (Lipinski definition) is 8. The fraction of sp³-hybridized carbons (Fsp3) is 0.565. The van der Waals surface area contributed by atoms with E-state index >= 15 is 0 Å². The van der Waals surface area contributed by atoms with Crippen LogP contribution >= 0.6 is 0 Å². The summed E-state index contributed by atoms with van der Waals surface area (Å²) in [7, 11) is 3.59. The predicted molar refractivity (Wildman–Crippen MR) is 115 cm³/mol. The molecule has 0 spiro atoms. The molecule has 0 amide bonds. The molecule has 1 aromatic rings. The van der Waals surface area contributed by atoms with E-state index in [1.807, 2.05) is 27.0 Å². The number of rotatable bonds is 9. The summed E-state index contributed by atoms with van der Waals surface area (Å²) in [5.74, 6) is -0.255. The molecule has 170 valence electrons. The number of hydrogen-bond donors (Lipinski definition) is 1. The van der Waals surface area contributed by atoms with Gasteiger partial charge in [0.1, 0.15) is 30.3 Å². The van der Waals surface area contributed by atoms with Crippen LogP contribution in [-0.2, 0) is 27.3 Å². The van der Waals surface area contributed by atoms with Crippen LogP contribution in [0.2, 0.25) is 0 Å². The van der Waals surface area contributed by atoms with Crippen molar-refractivity contribution in [1.29, 1.82) is 0 Å². The number of cyclic esters (lactones) is 1. The third kappa shape index (κ3) is 5.19. The first kappa shape index (κ1) is 23.1. The van der Waals surface area contributed by atoms with Gasteiger partial charge in [-0.3, -0.25) is 4.79 Å². The maximum atomic E-state index is 12.0. The lowest BCUT2D eigenvalue weighted by Gasteiger charge is -2.23. The lowest BCUT2D eigenvalue weighted by molar-refractivity contribution is -0.144. The molecule has 2 aliphatic rings. The molecular weight excluding hydrogens is 400 g/mol. The lowest BCUT2D eigenvalue weighted by Crippen LogP contribution is -2.36. The Kier molecular flexibility index (Phi) is 7.56. The zero-order valence-corrected chi connectivity index (χ0v) is 18.8. The maximum absolute atomic E-state index is 12.0. The Morgan fingerprint density at radius 1 is 1.29 bits per heavy atom. The van der Waals surface area contributed by atoms with Gasteiger partial charge in [-0.05, 0) is 38.7 Å². The molecule has 8 heteroatoms. The molecule has 1 fully saturated rings. The van der Waals surface area contributed by atoms with Crippen molar-refractivity contribution in [2.75, 3.05) is 40.4 Å². The number of carbonyl (C=O) groups is 2. The summed E-state index contributed by atoms with van der Waals surface area (Å²) in [6.07, 6.45) is 4.34. The van der Waals surface area contributed by atoms with Crippen LogP contribution in [0.5, 0.6) is 11.5 Å². The van der Waals surface area contributed by atoms with Crippen molar-refractivity contribution in [3.05, 3.63) is 33.9 Å². The molecule has 0 aliphatic carbocycles. The summed E-state index contributed by atoms with van der Waals surface area (Å²) in [5.41, 5.74) is 3.25. The van der Waals surface area contributed by atoms with Gasteiger partial charge in [0, 0.05) is 44.2 Å². The summed E-state index contributed by atoms with van der Waals surface area (Å²) >= 11 is 0. The molecule has 0 bridgehead atoms. The third-order valence-corrected chi connectivity index (χ3v) is 6.02. The van der Waals surface area contributed by atoms with Gasteiger partial charge >= 0.3 is 11.9 Å². The number of phenolic OH excluding ortho intramolecular Hbond substituents is 1. The van der Waals surface area contributed by atoms with Crippen LogP contribution in [0.3, 0.4) is 0 Å². The Balaban J connectivity index is 1.54. The van der Waals surface area contributed by atoms with E-state index in [2.05, 4.69) is 10.0 Å². The summed E-state index contributed by atoms with van der Waals surface area (Å²) < 4.78 is 15.9. The number of fused-ring (bicyclic) bond motifs is 1. The molecule has 2 heterocycles. The molecule has 0 atom stereocenters. The molecule has 3 rings (SSSR count). The molecule has 31 heavy (non-hydrogen) atoms. The van der Waals surface area contributed by atoms with Crippen molar-refractivity contribution in [2.24, 2.45) is 0 Å². The first-order valence-electron chi connectivity index (χ1n) is 10.7. The second-order valence-electron chi connectivity index (χ2n) is 8.08. The van der Waals surface area contributed by atoms with Crippen molar-refractivity contribution in [2.45, 2.75) is 46.1 Å². The smallest absolute Gasteiger partial charge is 0.342 e. The molecule has 1 aromatic carbocycles. The number of benzene rings is 1. The third-order valence-electron chi connectivity index (χ3n) is 6.02. The number of carbonyl (C=O) groups excluding carboxylic acids is 2. The van der Waals surface area contributed by atoms with Crippen LogP contribution in [0.25, 0.3) is 0 Å². The zero-order chi connectivity index (χ0) is 22.5. The summed E-state index contributed by atoms with van der Waals surface area (Å²) in [6, 6.07) is 0. The van der Waals surface area contributed by atoms with E-state index < -0.39 is 5.97 Å². The van der Waals surface area contributed by atoms with Gasteiger partial charge in [-0.25, -0.2) is 14.8 Å². The van der Waals surface area contributed by atoms with Gasteiger partial charge < -0.3 is 19.3 Å². The Morgan fingerprint density at radius 2 is 2.06 bits per heavy atom. The van der Waals surface area contributed by atoms with Gasteiger partial charge in [0.15, 0.2) is 0 Å². The standard InChI is InChI=1S/C23H32N2O6/c1-15(7-9-19(26)30-13-12-25-11-5-10-24(25)3)6-8-17-21(27)20-18(14-31-23(20)28)16(2)22(17)29-4/h6,27H,5,7-14H2,1-4H3/b15-6+. The fourth-order valence-electron chi connectivity index (χ4n) is 4.12. The molecule has 0 radical (unpaired) electrons. The zero-order valence-electron chi connectivity index (χ0n) is 18.8. The Bertz CT molecular complexity index is 880. The highest BCUT2D eigenvalue weighted by Crippen LogP contribution is 2.42. The number of methoxy groups -OCH3 is 1. The van der Waals surface area contributed by atoms with Crippen molar-refractivity contribution >= 4 is 11.9 Å². The van der Waals surface area contributed by atoms with Gasteiger partial charge in [0.2, 0.25) is 0 Å². The van der Waals surface area contributed by atoms with Crippen LogP contribution in [-0.4, -0.2) is 67.5 Å². The lowest BCUT2D eigenvalue weighted by atomic mass is 9.94. The van der Waals surface area contributed by atoms with Crippen molar-refractivity contribution in [3.63, 3.8) is 0 Å². The fourth-order valence-corrected chi connectivity index (χ4v) is 4.12. The highest BCUT2D eigenvalue weighted by atomic mass is 16.5. The molecule has 8 nitrogen and oxygen atoms in total. The normalized spacial score (nSPS) is 17.0. The highest BCUT2D eigenvalue weighted by Gasteiger charge is 2.31. The minimum atomic E-state index is -0.511. The maximum Gasteiger partial charge on any atom is 0.342 e. The Hall–Kier alpha value is -2.58. The number of nitrogens with zero attached hydrogens (tertiary/aromatic N) is 2. The number of hydrazine groups is 1. The van der Waals surface area contributed by atoms with E-state index in [1.54, 1.807) is 7.11 Å². The van der Waals surface area contributed by atoms with Crippen LogP contribution in [0.1, 0.15) is 53.2 Å². The highest BCUT2D eigenvalue weighted by molar-refractivity contribution is 5.98. The van der Waals surface area contributed by atoms with Gasteiger partial charge in [-0.2, -0.15) is 0 Å². The molecule has 0 saturated carbocycles. The van der Waals surface area contributed by atoms with Crippen molar-refractivity contribution < 1.29 is 28.9 Å².